The molecule has 0 aliphatic heterocycles. The van der Waals surface area contributed by atoms with Crippen molar-refractivity contribution < 1.29 is 5.11 Å². The van der Waals surface area contributed by atoms with E-state index in [9.17, 15) is 5.11 Å². The fraction of sp³-hybridized carbons (Fsp3) is 0.571. The Balaban J connectivity index is 1.91. The van der Waals surface area contributed by atoms with Crippen molar-refractivity contribution in [1.82, 2.24) is 0 Å². The molecule has 0 radical (unpaired) electrons. The molecule has 3 N–H and O–H groups in total. The monoisotopic (exact) mass is 253 g/mol. The third-order valence-corrected chi connectivity index (χ3v) is 3.81. The third kappa shape index (κ3) is 7.42. The van der Waals surface area contributed by atoms with Gasteiger partial charge in [0.2, 0.25) is 0 Å². The Hall–Kier alpha value is -0.510. The summed E-state index contributed by atoms with van der Waals surface area (Å²) in [7, 11) is 0. The molecule has 2 nitrogen and oxygen atoms in total. The number of thioether (sulfide) groups is 1. The molecule has 0 saturated heterocycles. The summed E-state index contributed by atoms with van der Waals surface area (Å²) >= 11 is 1.92. The van der Waals surface area contributed by atoms with E-state index >= 15 is 0 Å². The number of aliphatic hydroxyl groups excluding tert-OH is 1. The Morgan fingerprint density at radius 3 is 2.47 bits per heavy atom. The van der Waals surface area contributed by atoms with Crippen molar-refractivity contribution in [2.45, 2.75) is 43.1 Å². The Morgan fingerprint density at radius 1 is 1.06 bits per heavy atom. The molecule has 0 amide bonds. The minimum atomic E-state index is -0.298. The highest BCUT2D eigenvalue weighted by Crippen LogP contribution is 2.19. The van der Waals surface area contributed by atoms with E-state index in [1.54, 1.807) is 0 Å². The van der Waals surface area contributed by atoms with E-state index in [0.29, 0.717) is 6.54 Å². The van der Waals surface area contributed by atoms with Crippen molar-refractivity contribution in [3.05, 3.63) is 30.3 Å². The van der Waals surface area contributed by atoms with Gasteiger partial charge in [-0.25, -0.2) is 0 Å². The molecule has 17 heavy (non-hydrogen) atoms. The molecule has 0 fully saturated rings. The Labute approximate surface area is 109 Å². The summed E-state index contributed by atoms with van der Waals surface area (Å²) < 4.78 is 0. The lowest BCUT2D eigenvalue weighted by atomic mass is 10.1. The summed E-state index contributed by atoms with van der Waals surface area (Å²) in [6, 6.07) is 10.5. The van der Waals surface area contributed by atoms with Crippen molar-refractivity contribution in [3.8, 4) is 0 Å². The number of hydrogen-bond donors (Lipinski definition) is 2. The molecule has 1 atom stereocenters. The standard InChI is InChI=1S/C14H23NOS/c15-12-13(16)8-4-1-2-7-11-17-14-9-5-3-6-10-14/h3,5-6,9-10,13,16H,1-2,4,7-8,11-12,15H2. The first-order chi connectivity index (χ1) is 8.33. The van der Waals surface area contributed by atoms with Gasteiger partial charge in [-0.1, -0.05) is 37.5 Å². The number of benzene rings is 1. The average Bonchev–Trinajstić information content (AvgIpc) is 2.38. The SMILES string of the molecule is NCC(O)CCCCCCSc1ccccc1. The van der Waals surface area contributed by atoms with Crippen molar-refractivity contribution in [3.63, 3.8) is 0 Å². The molecule has 0 aromatic heterocycles. The first-order valence-corrected chi connectivity index (χ1v) is 7.37. The Kier molecular flexibility index (Phi) is 8.14. The van der Waals surface area contributed by atoms with E-state index in [0.717, 1.165) is 12.8 Å². The molecule has 96 valence electrons. The molecule has 1 aromatic rings. The summed E-state index contributed by atoms with van der Waals surface area (Å²) in [5.74, 6) is 1.18. The minimum Gasteiger partial charge on any atom is -0.392 e. The first kappa shape index (κ1) is 14.6. The van der Waals surface area contributed by atoms with Crippen LogP contribution in [0.1, 0.15) is 32.1 Å². The molecule has 0 aliphatic carbocycles. The second kappa shape index (κ2) is 9.51. The zero-order valence-electron chi connectivity index (χ0n) is 10.3. The van der Waals surface area contributed by atoms with E-state index in [2.05, 4.69) is 24.3 Å². The molecular weight excluding hydrogens is 230 g/mol. The molecule has 0 heterocycles. The second-order valence-electron chi connectivity index (χ2n) is 4.25. The maximum absolute atomic E-state index is 9.28. The van der Waals surface area contributed by atoms with Gasteiger partial charge in [0.05, 0.1) is 6.10 Å². The van der Waals surface area contributed by atoms with Gasteiger partial charge in [0.25, 0.3) is 0 Å². The quantitative estimate of drug-likeness (QED) is 0.525. The molecule has 0 bridgehead atoms. The van der Waals surface area contributed by atoms with Crippen LogP contribution in [0.25, 0.3) is 0 Å². The van der Waals surface area contributed by atoms with Gasteiger partial charge in [0, 0.05) is 11.4 Å². The zero-order valence-corrected chi connectivity index (χ0v) is 11.2. The van der Waals surface area contributed by atoms with Gasteiger partial charge < -0.3 is 10.8 Å². The second-order valence-corrected chi connectivity index (χ2v) is 5.42. The van der Waals surface area contributed by atoms with Gasteiger partial charge in [-0.15, -0.1) is 11.8 Å². The van der Waals surface area contributed by atoms with Gasteiger partial charge in [-0.05, 0) is 30.7 Å². The fourth-order valence-electron chi connectivity index (χ4n) is 1.66. The predicted molar refractivity (Wildman–Crippen MR) is 75.3 cm³/mol. The fourth-order valence-corrected chi connectivity index (χ4v) is 2.59. The molecule has 1 unspecified atom stereocenters. The van der Waals surface area contributed by atoms with Crippen LogP contribution < -0.4 is 5.73 Å². The Morgan fingerprint density at radius 2 is 1.76 bits per heavy atom. The van der Waals surface area contributed by atoms with Gasteiger partial charge in [0.15, 0.2) is 0 Å². The highest BCUT2D eigenvalue weighted by molar-refractivity contribution is 7.99. The van der Waals surface area contributed by atoms with Gasteiger partial charge >= 0.3 is 0 Å². The van der Waals surface area contributed by atoms with Crippen LogP contribution in [-0.4, -0.2) is 23.5 Å². The first-order valence-electron chi connectivity index (χ1n) is 6.39. The molecule has 0 spiro atoms. The number of hydrogen-bond acceptors (Lipinski definition) is 3. The Bertz CT molecular complexity index is 279. The summed E-state index contributed by atoms with van der Waals surface area (Å²) in [6.07, 6.45) is 5.34. The zero-order chi connectivity index (χ0) is 12.3. The highest BCUT2D eigenvalue weighted by Gasteiger charge is 1.99. The van der Waals surface area contributed by atoms with E-state index in [-0.39, 0.29) is 6.10 Å². The minimum absolute atomic E-state index is 0.298. The highest BCUT2D eigenvalue weighted by atomic mass is 32.2. The van der Waals surface area contributed by atoms with Crippen molar-refractivity contribution >= 4 is 11.8 Å². The van der Waals surface area contributed by atoms with Crippen molar-refractivity contribution in [2.24, 2.45) is 5.73 Å². The molecule has 1 aromatic carbocycles. The van der Waals surface area contributed by atoms with E-state index in [1.807, 2.05) is 17.8 Å². The van der Waals surface area contributed by atoms with Crippen LogP contribution >= 0.6 is 11.8 Å². The van der Waals surface area contributed by atoms with Crippen LogP contribution in [0.5, 0.6) is 0 Å². The molecule has 0 aliphatic rings. The van der Waals surface area contributed by atoms with Crippen molar-refractivity contribution in [2.75, 3.05) is 12.3 Å². The maximum Gasteiger partial charge on any atom is 0.0662 e. The molecule has 3 heteroatoms. The lowest BCUT2D eigenvalue weighted by Crippen LogP contribution is -2.19. The van der Waals surface area contributed by atoms with Crippen LogP contribution in [0, 0.1) is 0 Å². The number of rotatable bonds is 9. The molecular formula is C14H23NOS. The van der Waals surface area contributed by atoms with Crippen LogP contribution in [0.3, 0.4) is 0 Å². The van der Waals surface area contributed by atoms with Gasteiger partial charge in [-0.3, -0.25) is 0 Å². The maximum atomic E-state index is 9.28. The van der Waals surface area contributed by atoms with Gasteiger partial charge in [0.1, 0.15) is 0 Å². The lowest BCUT2D eigenvalue weighted by molar-refractivity contribution is 0.169. The van der Waals surface area contributed by atoms with Crippen LogP contribution in [0.2, 0.25) is 0 Å². The molecule has 0 saturated carbocycles. The normalized spacial score (nSPS) is 12.6. The molecule has 1 rings (SSSR count). The number of nitrogens with two attached hydrogens (primary N) is 1. The van der Waals surface area contributed by atoms with E-state index in [4.69, 9.17) is 5.73 Å². The van der Waals surface area contributed by atoms with Crippen LogP contribution in [0.15, 0.2) is 35.2 Å². The summed E-state index contributed by atoms with van der Waals surface area (Å²) in [5, 5.41) is 9.28. The number of aliphatic hydroxyl groups is 1. The topological polar surface area (TPSA) is 46.2 Å². The van der Waals surface area contributed by atoms with E-state index < -0.39 is 0 Å². The van der Waals surface area contributed by atoms with Crippen molar-refractivity contribution in [1.29, 1.82) is 0 Å². The predicted octanol–water partition coefficient (Wildman–Crippen LogP) is 3.05. The number of unbranched alkanes of at least 4 members (excludes halogenated alkanes) is 3. The van der Waals surface area contributed by atoms with E-state index in [1.165, 1.54) is 29.9 Å². The van der Waals surface area contributed by atoms with Crippen LogP contribution in [-0.2, 0) is 0 Å². The summed E-state index contributed by atoms with van der Waals surface area (Å²) in [4.78, 5) is 1.35. The largest absolute Gasteiger partial charge is 0.392 e. The average molecular weight is 253 g/mol. The third-order valence-electron chi connectivity index (χ3n) is 2.72. The summed E-state index contributed by atoms with van der Waals surface area (Å²) in [6.45, 7) is 0.393. The van der Waals surface area contributed by atoms with Gasteiger partial charge in [-0.2, -0.15) is 0 Å². The smallest absolute Gasteiger partial charge is 0.0662 e. The summed E-state index contributed by atoms with van der Waals surface area (Å²) in [5.41, 5.74) is 5.35. The van der Waals surface area contributed by atoms with Crippen LogP contribution in [0.4, 0.5) is 0 Å². The lowest BCUT2D eigenvalue weighted by Gasteiger charge is -2.06.